The van der Waals surface area contributed by atoms with Gasteiger partial charge in [0.2, 0.25) is 11.6 Å². The van der Waals surface area contributed by atoms with Crippen molar-refractivity contribution in [2.45, 2.75) is 25.7 Å². The Hall–Kier alpha value is -5.64. The molecule has 0 bridgehead atoms. The van der Waals surface area contributed by atoms with Gasteiger partial charge in [-0.15, -0.1) is 0 Å². The SMILES string of the molecule is O=C(CC(=O)c1cccc(Cc2ccccc2F)c1)C(=O)NCCNC(=O)C(=O)CC(=O)c1cccc(Cc2ccccc2F)c1. The van der Waals surface area contributed by atoms with Crippen LogP contribution in [0.2, 0.25) is 0 Å². The van der Waals surface area contributed by atoms with Crippen LogP contribution < -0.4 is 10.6 Å². The fraction of sp³-hybridized carbons (Fsp3) is 0.167. The van der Waals surface area contributed by atoms with Crippen LogP contribution >= 0.6 is 0 Å². The Labute approximate surface area is 263 Å². The lowest BCUT2D eigenvalue weighted by atomic mass is 9.99. The standard InChI is InChI=1S/C36H30F2N2O6/c37-29-13-3-1-9-25(29)17-23-7-5-11-27(19-23)31(41)21-33(43)35(45)39-15-16-40-36(46)34(44)22-32(42)28-12-6-8-24(20-28)18-26-10-2-4-14-30(26)38/h1-14,19-20H,15-18,21-22H2,(H,39,45)(H,40,46). The molecule has 0 saturated carbocycles. The van der Waals surface area contributed by atoms with Crippen LogP contribution in [0.1, 0.15) is 55.8 Å². The van der Waals surface area contributed by atoms with Crippen molar-refractivity contribution in [1.29, 1.82) is 0 Å². The molecule has 0 aliphatic rings. The van der Waals surface area contributed by atoms with Crippen molar-refractivity contribution in [3.63, 3.8) is 0 Å². The molecule has 0 saturated heterocycles. The lowest BCUT2D eigenvalue weighted by molar-refractivity contribution is -0.138. The van der Waals surface area contributed by atoms with Crippen LogP contribution in [0.5, 0.6) is 0 Å². The lowest BCUT2D eigenvalue weighted by Gasteiger charge is -2.08. The molecule has 46 heavy (non-hydrogen) atoms. The number of halogens is 2. The zero-order valence-electron chi connectivity index (χ0n) is 24.7. The molecule has 2 N–H and O–H groups in total. The molecule has 0 aromatic heterocycles. The molecule has 0 atom stereocenters. The molecule has 0 unspecified atom stereocenters. The van der Waals surface area contributed by atoms with E-state index in [0.29, 0.717) is 22.3 Å². The third-order valence-electron chi connectivity index (χ3n) is 7.05. The first kappa shape index (κ1) is 33.3. The molecule has 0 radical (unpaired) electrons. The van der Waals surface area contributed by atoms with E-state index in [1.807, 2.05) is 0 Å². The number of carbonyl (C=O) groups is 6. The summed E-state index contributed by atoms with van der Waals surface area (Å²) in [6.07, 6.45) is -0.892. The summed E-state index contributed by atoms with van der Waals surface area (Å²) in [7, 11) is 0. The molecular weight excluding hydrogens is 594 g/mol. The fourth-order valence-corrected chi connectivity index (χ4v) is 4.64. The molecule has 4 rings (SSSR count). The number of nitrogens with one attached hydrogen (secondary N) is 2. The summed E-state index contributed by atoms with van der Waals surface area (Å²) in [5.74, 6) is -5.98. The first-order valence-electron chi connectivity index (χ1n) is 14.4. The van der Waals surface area contributed by atoms with Gasteiger partial charge >= 0.3 is 0 Å². The smallest absolute Gasteiger partial charge is 0.287 e. The van der Waals surface area contributed by atoms with E-state index < -0.39 is 47.8 Å². The van der Waals surface area contributed by atoms with Crippen molar-refractivity contribution in [2.24, 2.45) is 0 Å². The van der Waals surface area contributed by atoms with Crippen molar-refractivity contribution in [2.75, 3.05) is 13.1 Å². The Morgan fingerprint density at radius 3 is 1.28 bits per heavy atom. The first-order valence-corrected chi connectivity index (χ1v) is 14.4. The van der Waals surface area contributed by atoms with Crippen LogP contribution in [0.4, 0.5) is 8.78 Å². The Bertz CT molecular complexity index is 1670. The van der Waals surface area contributed by atoms with Crippen molar-refractivity contribution >= 4 is 34.9 Å². The third kappa shape index (κ3) is 9.43. The minimum Gasteiger partial charge on any atom is -0.348 e. The highest BCUT2D eigenvalue weighted by molar-refractivity contribution is 6.41. The Balaban J connectivity index is 1.18. The number of benzene rings is 4. The predicted octanol–water partition coefficient (Wildman–Crippen LogP) is 4.36. The maximum atomic E-state index is 14.0. The summed E-state index contributed by atoms with van der Waals surface area (Å²) in [6.45, 7) is -0.413. The third-order valence-corrected chi connectivity index (χ3v) is 7.05. The summed E-state index contributed by atoms with van der Waals surface area (Å²) in [5, 5.41) is 4.56. The number of ketones is 4. The summed E-state index contributed by atoms with van der Waals surface area (Å²) in [4.78, 5) is 74.2. The summed E-state index contributed by atoms with van der Waals surface area (Å²) in [6, 6.07) is 25.2. The number of Topliss-reactive ketones (excluding diaryl/α,β-unsaturated/α-hetero) is 4. The van der Waals surface area contributed by atoms with Gasteiger partial charge in [-0.25, -0.2) is 8.78 Å². The fourth-order valence-electron chi connectivity index (χ4n) is 4.64. The highest BCUT2D eigenvalue weighted by Crippen LogP contribution is 2.17. The minimum atomic E-state index is -1.04. The normalized spacial score (nSPS) is 10.6. The maximum absolute atomic E-state index is 14.0. The van der Waals surface area contributed by atoms with Crippen LogP contribution in [0, 0.1) is 11.6 Å². The second kappa shape index (κ2) is 15.9. The molecule has 0 aliphatic carbocycles. The van der Waals surface area contributed by atoms with Crippen LogP contribution in [-0.2, 0) is 32.0 Å². The highest BCUT2D eigenvalue weighted by Gasteiger charge is 2.21. The van der Waals surface area contributed by atoms with Gasteiger partial charge in [0.15, 0.2) is 11.6 Å². The van der Waals surface area contributed by atoms with Gasteiger partial charge in [0.05, 0.1) is 12.8 Å². The van der Waals surface area contributed by atoms with Gasteiger partial charge in [0.1, 0.15) is 11.6 Å². The van der Waals surface area contributed by atoms with Crippen molar-refractivity contribution in [3.05, 3.63) is 142 Å². The summed E-state index contributed by atoms with van der Waals surface area (Å²) in [5.41, 5.74) is 2.62. The summed E-state index contributed by atoms with van der Waals surface area (Å²) >= 11 is 0. The molecule has 4 aromatic rings. The Kier molecular flexibility index (Phi) is 11.5. The quantitative estimate of drug-likeness (QED) is 0.0876. The van der Waals surface area contributed by atoms with Crippen LogP contribution in [0.3, 0.4) is 0 Å². The van der Waals surface area contributed by atoms with Crippen molar-refractivity contribution < 1.29 is 37.5 Å². The van der Waals surface area contributed by atoms with Gasteiger partial charge < -0.3 is 10.6 Å². The molecule has 4 aromatic carbocycles. The Morgan fingerprint density at radius 1 is 0.500 bits per heavy atom. The zero-order chi connectivity index (χ0) is 33.1. The molecule has 10 heteroatoms. The average molecular weight is 625 g/mol. The molecule has 0 aliphatic heterocycles. The van der Waals surface area contributed by atoms with Crippen LogP contribution in [-0.4, -0.2) is 48.0 Å². The number of hydrogen-bond donors (Lipinski definition) is 2. The van der Waals surface area contributed by atoms with Crippen LogP contribution in [0.25, 0.3) is 0 Å². The van der Waals surface area contributed by atoms with Crippen molar-refractivity contribution in [3.8, 4) is 0 Å². The van der Waals surface area contributed by atoms with E-state index in [0.717, 1.165) is 0 Å². The topological polar surface area (TPSA) is 126 Å². The number of carbonyl (C=O) groups excluding carboxylic acids is 6. The van der Waals surface area contributed by atoms with E-state index >= 15 is 0 Å². The van der Waals surface area contributed by atoms with E-state index in [1.165, 1.54) is 24.3 Å². The summed E-state index contributed by atoms with van der Waals surface area (Å²) < 4.78 is 28.0. The molecule has 2 amide bonds. The van der Waals surface area contributed by atoms with Gasteiger partial charge in [0.25, 0.3) is 11.8 Å². The van der Waals surface area contributed by atoms with Gasteiger partial charge in [-0.1, -0.05) is 72.8 Å². The second-order valence-corrected chi connectivity index (χ2v) is 10.5. The van der Waals surface area contributed by atoms with Gasteiger partial charge in [0, 0.05) is 37.1 Å². The first-order chi connectivity index (χ1) is 22.1. The molecular formula is C36H30F2N2O6. The Morgan fingerprint density at radius 2 is 0.891 bits per heavy atom. The molecule has 234 valence electrons. The molecule has 0 fully saturated rings. The number of amides is 2. The van der Waals surface area contributed by atoms with Crippen molar-refractivity contribution in [1.82, 2.24) is 10.6 Å². The predicted molar refractivity (Wildman–Crippen MR) is 165 cm³/mol. The minimum absolute atomic E-state index is 0.201. The highest BCUT2D eigenvalue weighted by atomic mass is 19.1. The van der Waals surface area contributed by atoms with E-state index in [2.05, 4.69) is 10.6 Å². The molecule has 0 spiro atoms. The number of hydrogen-bond acceptors (Lipinski definition) is 6. The van der Waals surface area contributed by atoms with E-state index in [9.17, 15) is 37.5 Å². The average Bonchev–Trinajstić information content (AvgIpc) is 3.05. The molecule has 0 heterocycles. The maximum Gasteiger partial charge on any atom is 0.287 e. The van der Waals surface area contributed by atoms with E-state index in [4.69, 9.17) is 0 Å². The monoisotopic (exact) mass is 624 g/mol. The molecule has 8 nitrogen and oxygen atoms in total. The largest absolute Gasteiger partial charge is 0.348 e. The van der Waals surface area contributed by atoms with Gasteiger partial charge in [-0.3, -0.25) is 28.8 Å². The van der Waals surface area contributed by atoms with Crippen LogP contribution in [0.15, 0.2) is 97.1 Å². The van der Waals surface area contributed by atoms with Gasteiger partial charge in [-0.2, -0.15) is 0 Å². The zero-order valence-corrected chi connectivity index (χ0v) is 24.7. The lowest BCUT2D eigenvalue weighted by Crippen LogP contribution is -2.40. The van der Waals surface area contributed by atoms with E-state index in [1.54, 1.807) is 72.8 Å². The number of rotatable bonds is 15. The second-order valence-electron chi connectivity index (χ2n) is 10.5. The van der Waals surface area contributed by atoms with E-state index in [-0.39, 0.29) is 48.7 Å². The van der Waals surface area contributed by atoms with Gasteiger partial charge in [-0.05, 0) is 46.5 Å².